The first-order chi connectivity index (χ1) is 6.45. The third-order valence-corrected chi connectivity index (χ3v) is 4.17. The minimum Gasteiger partial charge on any atom is -0.0530 e. The maximum absolute atomic E-state index is 1.55. The van der Waals surface area contributed by atoms with Gasteiger partial charge in [0.1, 0.15) is 0 Å². The third-order valence-electron chi connectivity index (χ3n) is 4.17. The highest BCUT2D eigenvalue weighted by molar-refractivity contribution is 4.71. The molecule has 0 nitrogen and oxygen atoms in total. The van der Waals surface area contributed by atoms with Crippen molar-refractivity contribution in [2.24, 2.45) is 11.8 Å². The van der Waals surface area contributed by atoms with E-state index < -0.39 is 0 Å². The Labute approximate surface area is 83.1 Å². The molecule has 0 unspecified atom stereocenters. The van der Waals surface area contributed by atoms with Crippen molar-refractivity contribution in [1.82, 2.24) is 0 Å². The molecule has 2 rings (SSSR count). The van der Waals surface area contributed by atoms with Crippen molar-refractivity contribution < 1.29 is 0 Å². The van der Waals surface area contributed by atoms with Crippen LogP contribution in [0, 0.1) is 11.8 Å². The van der Waals surface area contributed by atoms with E-state index in [1.54, 1.807) is 38.5 Å². The molecule has 0 aliphatic heterocycles. The molecule has 0 amide bonds. The van der Waals surface area contributed by atoms with E-state index in [0.717, 1.165) is 11.8 Å². The van der Waals surface area contributed by atoms with Crippen LogP contribution in [0.1, 0.15) is 70.6 Å². The number of hydrogen-bond acceptors (Lipinski definition) is 0. The molecule has 0 heterocycles. The Bertz CT molecular complexity index is 129. The van der Waals surface area contributed by atoms with E-state index in [1.807, 2.05) is 0 Å². The van der Waals surface area contributed by atoms with Gasteiger partial charge in [-0.1, -0.05) is 70.6 Å². The summed E-state index contributed by atoms with van der Waals surface area (Å²) in [4.78, 5) is 0. The van der Waals surface area contributed by atoms with Crippen LogP contribution in [0.25, 0.3) is 0 Å². The van der Waals surface area contributed by atoms with Gasteiger partial charge in [-0.3, -0.25) is 0 Å². The predicted molar refractivity (Wildman–Crippen MR) is 57.8 cm³/mol. The van der Waals surface area contributed by atoms with Crippen LogP contribution in [0.2, 0.25) is 0 Å². The molecule has 0 aromatic rings. The molecule has 0 heteroatoms. The van der Waals surface area contributed by atoms with Crippen LogP contribution in [0.5, 0.6) is 0 Å². The highest BCUT2D eigenvalue weighted by Crippen LogP contribution is 2.33. The second kappa shape index (κ2) is 5.02. The van der Waals surface area contributed by atoms with Gasteiger partial charge in [-0.05, 0) is 11.8 Å². The van der Waals surface area contributed by atoms with Gasteiger partial charge < -0.3 is 0 Å². The molecule has 2 aliphatic carbocycles. The molecule has 0 N–H and O–H groups in total. The lowest BCUT2D eigenvalue weighted by Gasteiger charge is -2.25. The van der Waals surface area contributed by atoms with Crippen molar-refractivity contribution in [3.8, 4) is 0 Å². The summed E-state index contributed by atoms with van der Waals surface area (Å²) in [5, 5.41) is 0. The van der Waals surface area contributed by atoms with Crippen LogP contribution in [-0.4, -0.2) is 0 Å². The van der Waals surface area contributed by atoms with Crippen molar-refractivity contribution >= 4 is 0 Å². The Kier molecular flexibility index (Phi) is 3.69. The molecule has 0 bridgehead atoms. The molecule has 76 valence electrons. The van der Waals surface area contributed by atoms with Gasteiger partial charge >= 0.3 is 0 Å². The predicted octanol–water partition coefficient (Wildman–Crippen LogP) is 4.54. The van der Waals surface area contributed by atoms with E-state index in [0.29, 0.717) is 0 Å². The van der Waals surface area contributed by atoms with Crippen molar-refractivity contribution in [2.45, 2.75) is 70.6 Å². The first-order valence-corrected chi connectivity index (χ1v) is 6.45. The van der Waals surface area contributed by atoms with Crippen molar-refractivity contribution in [3.05, 3.63) is 0 Å². The summed E-state index contributed by atoms with van der Waals surface area (Å²) in [5.41, 5.74) is 0. The summed E-state index contributed by atoms with van der Waals surface area (Å²) in [7, 11) is 0. The maximum atomic E-state index is 1.55. The highest BCUT2D eigenvalue weighted by atomic mass is 14.2. The smallest absolute Gasteiger partial charge is 0.0414 e. The molecule has 2 aliphatic rings. The quantitative estimate of drug-likeness (QED) is 0.545. The molecule has 0 atom stereocenters. The first-order valence-electron chi connectivity index (χ1n) is 6.45. The van der Waals surface area contributed by atoms with Gasteiger partial charge in [0.2, 0.25) is 0 Å². The van der Waals surface area contributed by atoms with Crippen molar-refractivity contribution in [3.63, 3.8) is 0 Å². The summed E-state index contributed by atoms with van der Waals surface area (Å²) in [6.07, 6.45) is 16.9. The topological polar surface area (TPSA) is 0 Å². The van der Waals surface area contributed by atoms with Gasteiger partial charge in [-0.2, -0.15) is 0 Å². The fraction of sp³-hybridized carbons (Fsp3) is 1.00. The van der Waals surface area contributed by atoms with E-state index in [2.05, 4.69) is 0 Å². The molecule has 0 radical (unpaired) electrons. The maximum Gasteiger partial charge on any atom is -0.0414 e. The molecule has 0 aromatic heterocycles. The van der Waals surface area contributed by atoms with Crippen LogP contribution in [0.15, 0.2) is 0 Å². The fourth-order valence-corrected chi connectivity index (χ4v) is 2.95. The van der Waals surface area contributed by atoms with Crippen LogP contribution < -0.4 is 0 Å². The van der Waals surface area contributed by atoms with Gasteiger partial charge in [0.25, 0.3) is 0 Å². The summed E-state index contributed by atoms with van der Waals surface area (Å²) in [5.74, 6) is 2.27. The lowest BCUT2D eigenvalue weighted by Crippen LogP contribution is -2.10. The van der Waals surface area contributed by atoms with Crippen molar-refractivity contribution in [1.29, 1.82) is 0 Å². The second-order valence-corrected chi connectivity index (χ2v) is 5.23. The molecule has 0 aromatic carbocycles. The molecule has 0 saturated heterocycles. The molecule has 0 spiro atoms. The molecular weight excluding hydrogens is 156 g/mol. The van der Waals surface area contributed by atoms with Crippen LogP contribution in [0.4, 0.5) is 0 Å². The second-order valence-electron chi connectivity index (χ2n) is 5.23. The standard InChI is InChI=1S/C13H24/c1-2-7-12(6-1)8-3-4-9-13-10-5-11-13/h12-13H,1-11H2. The largest absolute Gasteiger partial charge is 0.0530 e. The van der Waals surface area contributed by atoms with Gasteiger partial charge in [0.05, 0.1) is 0 Å². The SMILES string of the molecule is C1CCC(CCCCC2CCC2)C1. The first kappa shape index (κ1) is 9.55. The lowest BCUT2D eigenvalue weighted by molar-refractivity contribution is 0.283. The Morgan fingerprint density at radius 3 is 1.46 bits per heavy atom. The minimum absolute atomic E-state index is 1.13. The fourth-order valence-electron chi connectivity index (χ4n) is 2.95. The van der Waals surface area contributed by atoms with E-state index >= 15 is 0 Å². The number of unbranched alkanes of at least 4 members (excludes halogenated alkanes) is 1. The third kappa shape index (κ3) is 3.00. The highest BCUT2D eigenvalue weighted by Gasteiger charge is 2.17. The summed E-state index contributed by atoms with van der Waals surface area (Å²) in [6, 6.07) is 0. The molecule has 13 heavy (non-hydrogen) atoms. The Morgan fingerprint density at radius 2 is 1.08 bits per heavy atom. The van der Waals surface area contributed by atoms with E-state index in [9.17, 15) is 0 Å². The van der Waals surface area contributed by atoms with E-state index in [4.69, 9.17) is 0 Å². The van der Waals surface area contributed by atoms with Crippen LogP contribution in [-0.2, 0) is 0 Å². The van der Waals surface area contributed by atoms with Gasteiger partial charge in [-0.15, -0.1) is 0 Å². The average Bonchev–Trinajstić information content (AvgIpc) is 2.53. The zero-order chi connectivity index (χ0) is 8.93. The monoisotopic (exact) mass is 180 g/mol. The minimum atomic E-state index is 1.13. The van der Waals surface area contributed by atoms with Gasteiger partial charge in [-0.25, -0.2) is 0 Å². The van der Waals surface area contributed by atoms with Gasteiger partial charge in [0, 0.05) is 0 Å². The zero-order valence-corrected chi connectivity index (χ0v) is 8.93. The van der Waals surface area contributed by atoms with Crippen LogP contribution in [0.3, 0.4) is 0 Å². The van der Waals surface area contributed by atoms with Gasteiger partial charge in [0.15, 0.2) is 0 Å². The zero-order valence-electron chi connectivity index (χ0n) is 8.93. The van der Waals surface area contributed by atoms with Crippen molar-refractivity contribution in [2.75, 3.05) is 0 Å². The number of hydrogen-bond donors (Lipinski definition) is 0. The summed E-state index contributed by atoms with van der Waals surface area (Å²) < 4.78 is 0. The molecule has 2 fully saturated rings. The normalized spacial score (nSPS) is 24.9. The molecular formula is C13H24. The van der Waals surface area contributed by atoms with E-state index in [-0.39, 0.29) is 0 Å². The summed E-state index contributed by atoms with van der Waals surface area (Å²) in [6.45, 7) is 0. The van der Waals surface area contributed by atoms with Crippen LogP contribution >= 0.6 is 0 Å². The molecule has 2 saturated carbocycles. The lowest BCUT2D eigenvalue weighted by atomic mass is 9.81. The Morgan fingerprint density at radius 1 is 0.615 bits per heavy atom. The van der Waals surface area contributed by atoms with E-state index in [1.165, 1.54) is 32.1 Å². The Hall–Kier alpha value is 0. The Balaban J connectivity index is 1.43. The number of rotatable bonds is 5. The average molecular weight is 180 g/mol. The summed E-state index contributed by atoms with van der Waals surface area (Å²) >= 11 is 0.